The topological polar surface area (TPSA) is 56.8 Å². The first-order chi connectivity index (χ1) is 9.87. The second-order valence-electron chi connectivity index (χ2n) is 6.05. The van der Waals surface area contributed by atoms with Gasteiger partial charge in [-0.3, -0.25) is 0 Å². The van der Waals surface area contributed by atoms with E-state index in [2.05, 4.69) is 5.32 Å². The molecule has 5 heteroatoms. The summed E-state index contributed by atoms with van der Waals surface area (Å²) in [5.41, 5.74) is 1.73. The van der Waals surface area contributed by atoms with Crippen molar-refractivity contribution < 1.29 is 19.0 Å². The average molecular weight is 293 g/mol. The number of carbonyl (C=O) groups is 1. The van der Waals surface area contributed by atoms with Crippen molar-refractivity contribution in [3.8, 4) is 11.5 Å². The van der Waals surface area contributed by atoms with Crippen LogP contribution in [0.25, 0.3) is 0 Å². The molecule has 0 saturated carbocycles. The van der Waals surface area contributed by atoms with Gasteiger partial charge in [-0.05, 0) is 51.3 Å². The Bertz CT molecular complexity index is 520. The fraction of sp³-hybridized carbons (Fsp3) is 0.562. The third-order valence-electron chi connectivity index (χ3n) is 3.13. The second-order valence-corrected chi connectivity index (χ2v) is 6.05. The van der Waals surface area contributed by atoms with Crippen LogP contribution in [0.1, 0.15) is 31.9 Å². The van der Waals surface area contributed by atoms with E-state index >= 15 is 0 Å². The maximum Gasteiger partial charge on any atom is 0.407 e. The Morgan fingerprint density at radius 1 is 1.29 bits per heavy atom. The third kappa shape index (κ3) is 4.28. The summed E-state index contributed by atoms with van der Waals surface area (Å²) >= 11 is 0. The quantitative estimate of drug-likeness (QED) is 0.931. The fourth-order valence-corrected chi connectivity index (χ4v) is 2.18. The van der Waals surface area contributed by atoms with Crippen molar-refractivity contribution in [2.24, 2.45) is 0 Å². The van der Waals surface area contributed by atoms with Gasteiger partial charge in [0.15, 0.2) is 11.5 Å². The molecule has 1 N–H and O–H groups in total. The van der Waals surface area contributed by atoms with Gasteiger partial charge in [-0.2, -0.15) is 0 Å². The number of benzene rings is 1. The van der Waals surface area contributed by atoms with Crippen molar-refractivity contribution in [1.29, 1.82) is 0 Å². The number of rotatable bonds is 3. The van der Waals surface area contributed by atoms with Crippen LogP contribution in [0.4, 0.5) is 4.79 Å². The molecular weight excluding hydrogens is 270 g/mol. The first kappa shape index (κ1) is 15.5. The number of carbonyl (C=O) groups excluding carboxylic acids is 1. The molecule has 1 aromatic rings. The van der Waals surface area contributed by atoms with Crippen molar-refractivity contribution in [3.05, 3.63) is 23.3 Å². The molecule has 1 aliphatic rings. The van der Waals surface area contributed by atoms with E-state index in [1.54, 1.807) is 0 Å². The molecule has 0 atom stereocenters. The number of nitrogens with one attached hydrogen (secondary N) is 1. The van der Waals surface area contributed by atoms with Crippen LogP contribution in [0.15, 0.2) is 12.1 Å². The summed E-state index contributed by atoms with van der Waals surface area (Å²) < 4.78 is 16.4. The van der Waals surface area contributed by atoms with Gasteiger partial charge < -0.3 is 19.5 Å². The largest absolute Gasteiger partial charge is 0.486 e. The van der Waals surface area contributed by atoms with E-state index in [0.717, 1.165) is 29.0 Å². The molecule has 2 rings (SSSR count). The number of alkyl carbamates (subject to hydrolysis) is 1. The van der Waals surface area contributed by atoms with E-state index < -0.39 is 11.7 Å². The lowest BCUT2D eigenvalue weighted by atomic mass is 10.0. The van der Waals surface area contributed by atoms with Gasteiger partial charge in [-0.1, -0.05) is 6.07 Å². The summed E-state index contributed by atoms with van der Waals surface area (Å²) in [5, 5.41) is 2.76. The minimum Gasteiger partial charge on any atom is -0.486 e. The molecule has 0 aromatic heterocycles. The maximum absolute atomic E-state index is 11.6. The predicted octanol–water partition coefficient (Wildman–Crippen LogP) is 2.83. The molecule has 0 unspecified atom stereocenters. The predicted molar refractivity (Wildman–Crippen MR) is 80.1 cm³/mol. The fourth-order valence-electron chi connectivity index (χ4n) is 2.18. The van der Waals surface area contributed by atoms with E-state index in [9.17, 15) is 4.79 Å². The average Bonchev–Trinajstić information content (AvgIpc) is 2.40. The van der Waals surface area contributed by atoms with Gasteiger partial charge in [0.05, 0.1) is 0 Å². The zero-order valence-corrected chi connectivity index (χ0v) is 13.1. The smallest absolute Gasteiger partial charge is 0.407 e. The van der Waals surface area contributed by atoms with Crippen molar-refractivity contribution in [2.75, 3.05) is 19.8 Å². The van der Waals surface area contributed by atoms with Gasteiger partial charge in [-0.15, -0.1) is 0 Å². The second kappa shape index (κ2) is 6.24. The zero-order valence-electron chi connectivity index (χ0n) is 13.1. The van der Waals surface area contributed by atoms with Crippen LogP contribution in [-0.4, -0.2) is 31.5 Å². The molecule has 0 aliphatic carbocycles. The van der Waals surface area contributed by atoms with Gasteiger partial charge in [0.1, 0.15) is 18.8 Å². The van der Waals surface area contributed by atoms with Crippen LogP contribution < -0.4 is 14.8 Å². The standard InChI is InChI=1S/C16H23NO4/c1-11-12(5-6-13-14(11)20-10-9-19-13)7-8-17-15(18)21-16(2,3)4/h5-6H,7-10H2,1-4H3,(H,17,18). The lowest BCUT2D eigenvalue weighted by Crippen LogP contribution is -2.33. The van der Waals surface area contributed by atoms with Crippen LogP contribution in [0.2, 0.25) is 0 Å². The Morgan fingerprint density at radius 2 is 2.00 bits per heavy atom. The highest BCUT2D eigenvalue weighted by Crippen LogP contribution is 2.35. The maximum atomic E-state index is 11.6. The van der Waals surface area contributed by atoms with Gasteiger partial charge >= 0.3 is 6.09 Å². The SMILES string of the molecule is Cc1c(CCNC(=O)OC(C)(C)C)ccc2c1OCCO2. The Labute approximate surface area is 125 Å². The molecule has 1 heterocycles. The number of hydrogen-bond acceptors (Lipinski definition) is 4. The summed E-state index contributed by atoms with van der Waals surface area (Å²) in [6, 6.07) is 3.93. The number of fused-ring (bicyclic) bond motifs is 1. The molecule has 1 aromatic carbocycles. The van der Waals surface area contributed by atoms with Crippen LogP contribution in [-0.2, 0) is 11.2 Å². The first-order valence-corrected chi connectivity index (χ1v) is 7.22. The normalized spacial score (nSPS) is 13.7. The van der Waals surface area contributed by atoms with E-state index in [1.165, 1.54) is 0 Å². The Morgan fingerprint density at radius 3 is 2.71 bits per heavy atom. The van der Waals surface area contributed by atoms with Gasteiger partial charge in [0.2, 0.25) is 0 Å². The highest BCUT2D eigenvalue weighted by atomic mass is 16.6. The van der Waals surface area contributed by atoms with Crippen molar-refractivity contribution in [2.45, 2.75) is 39.7 Å². The molecule has 0 bridgehead atoms. The van der Waals surface area contributed by atoms with Gasteiger partial charge in [0.25, 0.3) is 0 Å². The number of hydrogen-bond donors (Lipinski definition) is 1. The van der Waals surface area contributed by atoms with Crippen LogP contribution in [0, 0.1) is 6.92 Å². The zero-order chi connectivity index (χ0) is 15.5. The third-order valence-corrected chi connectivity index (χ3v) is 3.13. The minimum atomic E-state index is -0.475. The summed E-state index contributed by atoms with van der Waals surface area (Å²) in [5.74, 6) is 1.61. The van der Waals surface area contributed by atoms with Crippen molar-refractivity contribution in [3.63, 3.8) is 0 Å². The van der Waals surface area contributed by atoms with E-state index in [1.807, 2.05) is 39.8 Å². The molecule has 1 aliphatic heterocycles. The van der Waals surface area contributed by atoms with Crippen molar-refractivity contribution in [1.82, 2.24) is 5.32 Å². The molecule has 0 spiro atoms. The van der Waals surface area contributed by atoms with Gasteiger partial charge in [0, 0.05) is 6.54 Å². The van der Waals surface area contributed by atoms with E-state index in [4.69, 9.17) is 14.2 Å². The summed E-state index contributed by atoms with van der Waals surface area (Å²) in [6.45, 7) is 9.23. The summed E-state index contributed by atoms with van der Waals surface area (Å²) in [4.78, 5) is 11.6. The number of amides is 1. The Hall–Kier alpha value is -1.91. The molecular formula is C16H23NO4. The van der Waals surface area contributed by atoms with Crippen LogP contribution in [0.3, 0.4) is 0 Å². The molecule has 21 heavy (non-hydrogen) atoms. The summed E-state index contributed by atoms with van der Waals surface area (Å²) in [6.07, 6.45) is 0.333. The Balaban J connectivity index is 1.91. The lowest BCUT2D eigenvalue weighted by Gasteiger charge is -2.22. The Kier molecular flexibility index (Phi) is 4.60. The van der Waals surface area contributed by atoms with E-state index in [0.29, 0.717) is 19.8 Å². The molecule has 1 amide bonds. The highest BCUT2D eigenvalue weighted by Gasteiger charge is 2.18. The van der Waals surface area contributed by atoms with Crippen LogP contribution in [0.5, 0.6) is 11.5 Å². The summed E-state index contributed by atoms with van der Waals surface area (Å²) in [7, 11) is 0. The van der Waals surface area contributed by atoms with Crippen molar-refractivity contribution >= 4 is 6.09 Å². The van der Waals surface area contributed by atoms with Gasteiger partial charge in [-0.25, -0.2) is 4.79 Å². The molecule has 116 valence electrons. The lowest BCUT2D eigenvalue weighted by molar-refractivity contribution is 0.0528. The molecule has 0 radical (unpaired) electrons. The van der Waals surface area contributed by atoms with Crippen LogP contribution >= 0.6 is 0 Å². The monoisotopic (exact) mass is 293 g/mol. The minimum absolute atomic E-state index is 0.391. The number of ether oxygens (including phenoxy) is 3. The molecule has 5 nitrogen and oxygen atoms in total. The molecule has 0 fully saturated rings. The van der Waals surface area contributed by atoms with E-state index in [-0.39, 0.29) is 0 Å². The molecule has 0 saturated heterocycles. The highest BCUT2D eigenvalue weighted by molar-refractivity contribution is 5.67. The first-order valence-electron chi connectivity index (χ1n) is 7.22.